The van der Waals surface area contributed by atoms with E-state index in [0.717, 1.165) is 17.1 Å². The van der Waals surface area contributed by atoms with Gasteiger partial charge in [0.05, 0.1) is 17.1 Å². The molecule has 0 aromatic heterocycles. The number of nitrogens with one attached hydrogen (secondary N) is 4. The van der Waals surface area contributed by atoms with Crippen molar-refractivity contribution in [3.05, 3.63) is 12.1 Å². The molecule has 1 amide bonds. The van der Waals surface area contributed by atoms with Crippen LogP contribution in [0, 0.1) is 0 Å². The summed E-state index contributed by atoms with van der Waals surface area (Å²) in [5.74, 6) is 0. The maximum absolute atomic E-state index is 10.4. The van der Waals surface area contributed by atoms with Gasteiger partial charge in [-0.2, -0.15) is 0 Å². The molecule has 81 valence electrons. The standard InChI is InChI=1S/C10H15N4O/c1-11-7-4-8(12-2)10(14-6-15)9(5-7)13-3/h4-5,11-13H,1-3H3,(H,14,15). The van der Waals surface area contributed by atoms with Crippen LogP contribution in [0.3, 0.4) is 0 Å². The average Bonchev–Trinajstić information content (AvgIpc) is 2.29. The van der Waals surface area contributed by atoms with Gasteiger partial charge in [0.25, 0.3) is 0 Å². The van der Waals surface area contributed by atoms with Crippen molar-refractivity contribution >= 4 is 29.2 Å². The summed E-state index contributed by atoms with van der Waals surface area (Å²) in [5.41, 5.74) is 3.30. The summed E-state index contributed by atoms with van der Waals surface area (Å²) in [6, 6.07) is 3.81. The van der Waals surface area contributed by atoms with Gasteiger partial charge in [0, 0.05) is 26.8 Å². The highest BCUT2D eigenvalue weighted by Crippen LogP contribution is 2.33. The van der Waals surface area contributed by atoms with Crippen molar-refractivity contribution in [2.45, 2.75) is 0 Å². The third-order valence-corrected chi connectivity index (χ3v) is 2.14. The summed E-state index contributed by atoms with van der Waals surface area (Å²) < 4.78 is 0. The minimum atomic E-state index is 0.689. The molecule has 0 saturated heterocycles. The lowest BCUT2D eigenvalue weighted by molar-refractivity contribution is 0.561. The van der Waals surface area contributed by atoms with Gasteiger partial charge in [0.15, 0.2) is 0 Å². The van der Waals surface area contributed by atoms with Gasteiger partial charge in [-0.15, -0.1) is 0 Å². The van der Waals surface area contributed by atoms with Crippen molar-refractivity contribution in [3.63, 3.8) is 0 Å². The molecule has 1 rings (SSSR count). The van der Waals surface area contributed by atoms with Crippen molar-refractivity contribution < 1.29 is 4.79 Å². The predicted octanol–water partition coefficient (Wildman–Crippen LogP) is 1.29. The second-order valence-electron chi connectivity index (χ2n) is 2.92. The highest BCUT2D eigenvalue weighted by molar-refractivity contribution is 5.92. The zero-order valence-corrected chi connectivity index (χ0v) is 9.06. The zero-order valence-electron chi connectivity index (χ0n) is 9.06. The van der Waals surface area contributed by atoms with Gasteiger partial charge < -0.3 is 21.3 Å². The first-order valence-corrected chi connectivity index (χ1v) is 4.61. The molecule has 4 N–H and O–H groups in total. The summed E-state index contributed by atoms with van der Waals surface area (Å²) in [6.07, 6.45) is 1.67. The van der Waals surface area contributed by atoms with Crippen molar-refractivity contribution in [1.82, 2.24) is 0 Å². The zero-order chi connectivity index (χ0) is 11.3. The lowest BCUT2D eigenvalue weighted by Gasteiger charge is -2.15. The van der Waals surface area contributed by atoms with Crippen molar-refractivity contribution in [2.24, 2.45) is 0 Å². The van der Waals surface area contributed by atoms with Crippen LogP contribution in [0.15, 0.2) is 12.1 Å². The number of rotatable bonds is 5. The largest absolute Gasteiger partial charge is 0.388 e. The molecule has 0 heterocycles. The number of anilines is 4. The first-order valence-electron chi connectivity index (χ1n) is 4.61. The molecule has 1 radical (unpaired) electrons. The van der Waals surface area contributed by atoms with E-state index in [0.29, 0.717) is 5.69 Å². The normalized spacial score (nSPS) is 9.27. The van der Waals surface area contributed by atoms with Gasteiger partial charge in [-0.05, 0) is 12.1 Å². The molecule has 1 aromatic carbocycles. The Morgan fingerprint density at radius 3 is 1.87 bits per heavy atom. The molecule has 0 aliphatic heterocycles. The maximum Gasteiger partial charge on any atom is 0.314 e. The smallest absolute Gasteiger partial charge is 0.314 e. The average molecular weight is 207 g/mol. The van der Waals surface area contributed by atoms with Crippen LogP contribution in [0.5, 0.6) is 0 Å². The molecule has 0 atom stereocenters. The van der Waals surface area contributed by atoms with E-state index in [4.69, 9.17) is 0 Å². The molecular formula is C10H15N4O. The number of carbonyl (C=O) groups excluding carboxylic acids is 1. The second-order valence-corrected chi connectivity index (χ2v) is 2.92. The molecule has 5 heteroatoms. The van der Waals surface area contributed by atoms with Crippen LogP contribution in [0.1, 0.15) is 0 Å². The van der Waals surface area contributed by atoms with Crippen LogP contribution in [0.4, 0.5) is 22.7 Å². The van der Waals surface area contributed by atoms with Gasteiger partial charge in [0.2, 0.25) is 0 Å². The summed E-state index contributed by atoms with van der Waals surface area (Å²) in [6.45, 7) is 0. The lowest BCUT2D eigenvalue weighted by Crippen LogP contribution is -2.05. The van der Waals surface area contributed by atoms with E-state index < -0.39 is 0 Å². The van der Waals surface area contributed by atoms with Crippen molar-refractivity contribution in [3.8, 4) is 0 Å². The quantitative estimate of drug-likeness (QED) is 0.549. The van der Waals surface area contributed by atoms with Crippen LogP contribution in [0.25, 0.3) is 0 Å². The Kier molecular flexibility index (Phi) is 3.79. The Bertz CT molecular complexity index is 326. The molecule has 15 heavy (non-hydrogen) atoms. The van der Waals surface area contributed by atoms with E-state index in [-0.39, 0.29) is 0 Å². The van der Waals surface area contributed by atoms with Gasteiger partial charge in [-0.25, -0.2) is 0 Å². The number of hydrogen-bond donors (Lipinski definition) is 4. The van der Waals surface area contributed by atoms with Gasteiger partial charge in [0.1, 0.15) is 0 Å². The van der Waals surface area contributed by atoms with Crippen molar-refractivity contribution in [2.75, 3.05) is 42.4 Å². The Hall–Kier alpha value is -1.91. The number of amides is 1. The van der Waals surface area contributed by atoms with E-state index >= 15 is 0 Å². The minimum Gasteiger partial charge on any atom is -0.388 e. The minimum absolute atomic E-state index is 0.689. The Morgan fingerprint density at radius 1 is 1.00 bits per heavy atom. The monoisotopic (exact) mass is 207 g/mol. The molecule has 0 bridgehead atoms. The Morgan fingerprint density at radius 2 is 1.53 bits per heavy atom. The maximum atomic E-state index is 10.4. The Balaban J connectivity index is 3.25. The molecule has 0 spiro atoms. The van der Waals surface area contributed by atoms with Crippen LogP contribution >= 0.6 is 0 Å². The first-order chi connectivity index (χ1) is 7.26. The van der Waals surface area contributed by atoms with Gasteiger partial charge >= 0.3 is 6.41 Å². The Labute approximate surface area is 89.3 Å². The third kappa shape index (κ3) is 2.31. The fourth-order valence-corrected chi connectivity index (χ4v) is 1.37. The fraction of sp³-hybridized carbons (Fsp3) is 0.300. The van der Waals surface area contributed by atoms with E-state index in [1.165, 1.54) is 0 Å². The highest BCUT2D eigenvalue weighted by atomic mass is 16.1. The molecule has 1 aromatic rings. The number of benzene rings is 1. The number of hydrogen-bond acceptors (Lipinski definition) is 4. The molecular weight excluding hydrogens is 192 g/mol. The molecule has 0 saturated carbocycles. The topological polar surface area (TPSA) is 65.2 Å². The second kappa shape index (κ2) is 5.09. The van der Waals surface area contributed by atoms with Gasteiger partial charge in [-0.1, -0.05) is 0 Å². The van der Waals surface area contributed by atoms with E-state index in [1.807, 2.05) is 19.2 Å². The molecule has 0 unspecified atom stereocenters. The predicted molar refractivity (Wildman–Crippen MR) is 64.4 cm³/mol. The van der Waals surface area contributed by atoms with E-state index in [1.54, 1.807) is 20.5 Å². The van der Waals surface area contributed by atoms with Gasteiger partial charge in [-0.3, -0.25) is 4.79 Å². The third-order valence-electron chi connectivity index (χ3n) is 2.14. The first kappa shape index (κ1) is 11.2. The summed E-state index contributed by atoms with van der Waals surface area (Å²) in [5, 5.41) is 11.6. The summed E-state index contributed by atoms with van der Waals surface area (Å²) in [4.78, 5) is 10.4. The molecule has 5 nitrogen and oxygen atoms in total. The van der Waals surface area contributed by atoms with Crippen LogP contribution < -0.4 is 21.3 Å². The molecule has 0 aliphatic carbocycles. The molecule has 0 fully saturated rings. The van der Waals surface area contributed by atoms with Crippen LogP contribution in [0.2, 0.25) is 0 Å². The molecule has 0 aliphatic rings. The lowest BCUT2D eigenvalue weighted by atomic mass is 10.2. The SMILES string of the molecule is CNc1cc(NC)c(N[C]=O)c(NC)c1. The fourth-order valence-electron chi connectivity index (χ4n) is 1.37. The summed E-state index contributed by atoms with van der Waals surface area (Å²) >= 11 is 0. The van der Waals surface area contributed by atoms with E-state index in [2.05, 4.69) is 21.3 Å². The van der Waals surface area contributed by atoms with E-state index in [9.17, 15) is 4.79 Å². The summed E-state index contributed by atoms with van der Waals surface area (Å²) in [7, 11) is 5.43. The van der Waals surface area contributed by atoms with Crippen molar-refractivity contribution in [1.29, 1.82) is 0 Å². The van der Waals surface area contributed by atoms with Crippen LogP contribution in [-0.4, -0.2) is 27.6 Å². The highest BCUT2D eigenvalue weighted by Gasteiger charge is 2.08. The van der Waals surface area contributed by atoms with Crippen LogP contribution in [-0.2, 0) is 4.79 Å².